The molecule has 3 aromatic rings. The van der Waals surface area contributed by atoms with Crippen molar-refractivity contribution in [1.29, 1.82) is 0 Å². The average molecular weight is 457 g/mol. The number of hydrogen-bond donors (Lipinski definition) is 2. The van der Waals surface area contributed by atoms with Crippen LogP contribution in [0, 0.1) is 0 Å². The van der Waals surface area contributed by atoms with Gasteiger partial charge in [0.2, 0.25) is 12.0 Å². The highest BCUT2D eigenvalue weighted by molar-refractivity contribution is 9.10. The number of benzene rings is 2. The number of hydrazone groups is 1. The molecule has 2 aromatic carbocycles. The Hall–Kier alpha value is -3.46. The van der Waals surface area contributed by atoms with E-state index >= 15 is 0 Å². The van der Waals surface area contributed by atoms with Crippen molar-refractivity contribution in [2.45, 2.75) is 13.0 Å². The van der Waals surface area contributed by atoms with E-state index in [0.717, 1.165) is 10.0 Å². The maximum absolute atomic E-state index is 12.0. The van der Waals surface area contributed by atoms with Crippen molar-refractivity contribution in [2.24, 2.45) is 10.3 Å². The van der Waals surface area contributed by atoms with Crippen LogP contribution in [0.2, 0.25) is 0 Å². The lowest BCUT2D eigenvalue weighted by atomic mass is 10.2. The molecule has 3 rings (SSSR count). The molecule has 1 aromatic heterocycles. The molecule has 0 saturated heterocycles. The number of nitrogens with zero attached hydrogens (tertiary/aromatic N) is 3. The molecule has 8 nitrogen and oxygen atoms in total. The third-order valence-electron chi connectivity index (χ3n) is 3.68. The first-order valence-corrected chi connectivity index (χ1v) is 9.35. The topological polar surface area (TPSA) is 109 Å². The van der Waals surface area contributed by atoms with Crippen LogP contribution in [0.4, 0.5) is 0 Å². The van der Waals surface area contributed by atoms with E-state index in [4.69, 9.17) is 9.25 Å². The first kappa shape index (κ1) is 20.3. The quantitative estimate of drug-likeness (QED) is 0.416. The second-order valence-corrected chi connectivity index (χ2v) is 6.76. The van der Waals surface area contributed by atoms with Gasteiger partial charge in [-0.1, -0.05) is 51.4 Å². The Balaban J connectivity index is 1.52. The molecule has 1 amide bonds. The Morgan fingerprint density at radius 1 is 1.21 bits per heavy atom. The van der Waals surface area contributed by atoms with E-state index in [1.807, 2.05) is 42.5 Å². The number of aromatic hydroxyl groups is 1. The summed E-state index contributed by atoms with van der Waals surface area (Å²) in [5, 5.41) is 17.4. The van der Waals surface area contributed by atoms with Crippen molar-refractivity contribution in [3.05, 3.63) is 70.3 Å². The smallest absolute Gasteiger partial charge is 0.312 e. The molecule has 0 radical (unpaired) electrons. The molecular formula is C20H17BrN4O4. The molecule has 29 heavy (non-hydrogen) atoms. The van der Waals surface area contributed by atoms with Gasteiger partial charge >= 0.3 is 5.95 Å². The number of nitrogens with one attached hydrogen (secondary N) is 1. The van der Waals surface area contributed by atoms with Gasteiger partial charge in [0.05, 0.1) is 12.4 Å². The highest BCUT2D eigenvalue weighted by Crippen LogP contribution is 2.24. The fourth-order valence-electron chi connectivity index (χ4n) is 2.14. The lowest BCUT2D eigenvalue weighted by Crippen LogP contribution is -2.30. The second-order valence-electron chi connectivity index (χ2n) is 5.84. The Labute approximate surface area is 175 Å². The zero-order valence-corrected chi connectivity index (χ0v) is 16.9. The van der Waals surface area contributed by atoms with Crippen molar-refractivity contribution in [3.8, 4) is 17.4 Å². The van der Waals surface area contributed by atoms with Crippen molar-refractivity contribution in [3.63, 3.8) is 0 Å². The van der Waals surface area contributed by atoms with Gasteiger partial charge in [0, 0.05) is 10.0 Å². The van der Waals surface area contributed by atoms with Crippen molar-refractivity contribution >= 4 is 34.3 Å². The first-order valence-electron chi connectivity index (χ1n) is 8.56. The molecule has 1 unspecified atom stereocenters. The van der Waals surface area contributed by atoms with E-state index < -0.39 is 18.0 Å². The fraction of sp³-hybridized carbons (Fsp3) is 0.100. The van der Waals surface area contributed by atoms with Crippen LogP contribution in [0.1, 0.15) is 18.2 Å². The molecule has 0 aliphatic heterocycles. The molecule has 0 aliphatic carbocycles. The summed E-state index contributed by atoms with van der Waals surface area (Å²) in [6.07, 6.45) is 1.81. The number of oxime groups is 1. The first-order chi connectivity index (χ1) is 14.0. The Bertz CT molecular complexity index is 1020. The second kappa shape index (κ2) is 9.65. The molecular weight excluding hydrogens is 440 g/mol. The Kier molecular flexibility index (Phi) is 6.75. The van der Waals surface area contributed by atoms with E-state index in [1.165, 1.54) is 19.4 Å². The number of halogens is 1. The number of oxazole rings is 1. The average Bonchev–Trinajstić information content (AvgIpc) is 3.10. The molecule has 1 heterocycles. The number of carbonyl (C=O) groups excluding carboxylic acids is 1. The molecule has 148 valence electrons. The largest absolute Gasteiger partial charge is 0.479 e. The molecule has 0 bridgehead atoms. The predicted molar refractivity (Wildman–Crippen MR) is 112 cm³/mol. The minimum absolute atomic E-state index is 0.0889. The van der Waals surface area contributed by atoms with Crippen LogP contribution in [-0.4, -0.2) is 34.5 Å². The van der Waals surface area contributed by atoms with E-state index in [0.29, 0.717) is 5.56 Å². The van der Waals surface area contributed by atoms with Crippen molar-refractivity contribution < 1.29 is 19.2 Å². The van der Waals surface area contributed by atoms with Crippen molar-refractivity contribution in [2.75, 3.05) is 0 Å². The predicted octanol–water partition coefficient (Wildman–Crippen LogP) is 3.70. The summed E-state index contributed by atoms with van der Waals surface area (Å²) in [5.41, 5.74) is 3.92. The monoisotopic (exact) mass is 456 g/mol. The zero-order valence-electron chi connectivity index (χ0n) is 15.3. The van der Waals surface area contributed by atoms with Gasteiger partial charge < -0.3 is 14.4 Å². The number of amides is 1. The molecule has 0 fully saturated rings. The molecule has 2 N–H and O–H groups in total. The minimum atomic E-state index is -0.871. The number of carbonyl (C=O) groups is 1. The molecule has 9 heteroatoms. The van der Waals surface area contributed by atoms with Crippen LogP contribution in [0.3, 0.4) is 0 Å². The summed E-state index contributed by atoms with van der Waals surface area (Å²) >= 11 is 3.35. The zero-order chi connectivity index (χ0) is 20.6. The highest BCUT2D eigenvalue weighted by atomic mass is 79.9. The fourth-order valence-corrected chi connectivity index (χ4v) is 2.40. The van der Waals surface area contributed by atoms with Crippen LogP contribution >= 0.6 is 15.9 Å². The third kappa shape index (κ3) is 5.76. The van der Waals surface area contributed by atoms with Crippen LogP contribution in [-0.2, 0) is 9.63 Å². The summed E-state index contributed by atoms with van der Waals surface area (Å²) in [5.74, 6) is -0.666. The van der Waals surface area contributed by atoms with Gasteiger partial charge in [0.1, 0.15) is 0 Å². The number of aromatic nitrogens is 1. The lowest BCUT2D eigenvalue weighted by molar-refractivity contribution is -0.131. The Morgan fingerprint density at radius 2 is 1.93 bits per heavy atom. The van der Waals surface area contributed by atoms with Crippen molar-refractivity contribution in [1.82, 2.24) is 10.4 Å². The number of hydrogen-bond acceptors (Lipinski definition) is 7. The van der Waals surface area contributed by atoms with Crippen LogP contribution in [0.15, 0.2) is 73.7 Å². The van der Waals surface area contributed by atoms with Gasteiger partial charge in [0.25, 0.3) is 5.91 Å². The van der Waals surface area contributed by atoms with Gasteiger partial charge in [-0.15, -0.1) is 0 Å². The third-order valence-corrected chi connectivity index (χ3v) is 4.21. The summed E-state index contributed by atoms with van der Waals surface area (Å²) < 4.78 is 6.16. The maximum Gasteiger partial charge on any atom is 0.312 e. The van der Waals surface area contributed by atoms with Gasteiger partial charge in [-0.25, -0.2) is 10.4 Å². The van der Waals surface area contributed by atoms with Gasteiger partial charge in [-0.05, 0) is 36.8 Å². The standard InChI is InChI=1S/C20H17BrN4O4/c1-13(29-23-11-14-7-9-16(21)10-8-14)18(26)25-22-12-17-20(27)28-19(24-17)15-5-3-2-4-6-15/h2-13,27H,1H3,(H,25,26)/b22-12+,23-11-. The van der Waals surface area contributed by atoms with E-state index in [1.54, 1.807) is 12.1 Å². The van der Waals surface area contributed by atoms with E-state index in [-0.39, 0.29) is 11.6 Å². The summed E-state index contributed by atoms with van der Waals surface area (Å²) in [4.78, 5) is 21.2. The molecule has 0 saturated carbocycles. The Morgan fingerprint density at radius 3 is 2.66 bits per heavy atom. The molecule has 0 spiro atoms. The van der Waals surface area contributed by atoms with E-state index in [9.17, 15) is 9.90 Å². The molecule has 0 aliphatic rings. The van der Waals surface area contributed by atoms with Crippen LogP contribution < -0.4 is 5.43 Å². The van der Waals surface area contributed by atoms with Crippen LogP contribution in [0.5, 0.6) is 5.95 Å². The number of rotatable bonds is 7. The summed E-state index contributed by atoms with van der Waals surface area (Å²) in [6.45, 7) is 1.53. The summed E-state index contributed by atoms with van der Waals surface area (Å²) in [6, 6.07) is 16.5. The SMILES string of the molecule is CC(O/N=C\c1ccc(Br)cc1)C(=O)N/N=C/c1nc(-c2ccccc2)oc1O. The highest BCUT2D eigenvalue weighted by Gasteiger charge is 2.14. The normalized spacial score (nSPS) is 12.3. The molecule has 1 atom stereocenters. The maximum atomic E-state index is 12.0. The van der Waals surface area contributed by atoms with Gasteiger partial charge in [-0.3, -0.25) is 4.79 Å². The minimum Gasteiger partial charge on any atom is -0.479 e. The van der Waals surface area contributed by atoms with Crippen LogP contribution in [0.25, 0.3) is 11.5 Å². The van der Waals surface area contributed by atoms with E-state index in [2.05, 4.69) is 36.6 Å². The van der Waals surface area contributed by atoms with Gasteiger partial charge in [0.15, 0.2) is 5.69 Å². The van der Waals surface area contributed by atoms with Gasteiger partial charge in [-0.2, -0.15) is 5.10 Å². The lowest BCUT2D eigenvalue weighted by Gasteiger charge is -2.06. The summed E-state index contributed by atoms with van der Waals surface area (Å²) in [7, 11) is 0.